The molecule has 0 aliphatic rings. The fourth-order valence-electron chi connectivity index (χ4n) is 1.14. The van der Waals surface area contributed by atoms with Crippen molar-refractivity contribution < 1.29 is 4.42 Å². The van der Waals surface area contributed by atoms with Gasteiger partial charge in [0.2, 0.25) is 5.89 Å². The number of fused-ring (bicyclic) bond motifs is 1. The molecule has 0 aliphatic carbocycles. The van der Waals surface area contributed by atoms with Crippen LogP contribution in [-0.4, -0.2) is 4.98 Å². The van der Waals surface area contributed by atoms with E-state index in [-0.39, 0.29) is 0 Å². The average molecular weight is 237 g/mol. The molecular formula is C9H5BrN2O. The van der Waals surface area contributed by atoms with E-state index < -0.39 is 0 Å². The van der Waals surface area contributed by atoms with Crippen molar-refractivity contribution in [1.29, 1.82) is 5.26 Å². The Morgan fingerprint density at radius 2 is 2.38 bits per heavy atom. The molecule has 13 heavy (non-hydrogen) atoms. The van der Waals surface area contributed by atoms with E-state index >= 15 is 0 Å². The van der Waals surface area contributed by atoms with Gasteiger partial charge in [-0.3, -0.25) is 0 Å². The number of benzene rings is 1. The fraction of sp³-hybridized carbons (Fsp3) is 0.111. The lowest BCUT2D eigenvalue weighted by molar-refractivity contribution is 0.557. The standard InChI is InChI=1S/C9H5BrN2O/c10-4-8-12-7-3-1-2-6(5-11)9(7)13-8/h1-3H,4H2. The van der Waals surface area contributed by atoms with Crippen LogP contribution in [0.15, 0.2) is 22.6 Å². The minimum atomic E-state index is 0.525. The van der Waals surface area contributed by atoms with E-state index in [9.17, 15) is 0 Å². The molecular weight excluding hydrogens is 232 g/mol. The normalized spacial score (nSPS) is 10.2. The summed E-state index contributed by atoms with van der Waals surface area (Å²) in [5.41, 5.74) is 1.82. The summed E-state index contributed by atoms with van der Waals surface area (Å²) in [7, 11) is 0. The van der Waals surface area contributed by atoms with E-state index in [1.165, 1.54) is 0 Å². The maximum absolute atomic E-state index is 8.77. The number of nitrogens with zero attached hydrogens (tertiary/aromatic N) is 2. The molecule has 0 fully saturated rings. The lowest BCUT2D eigenvalue weighted by Crippen LogP contribution is -1.74. The highest BCUT2D eigenvalue weighted by Gasteiger charge is 2.07. The first-order valence-electron chi connectivity index (χ1n) is 3.69. The molecule has 0 aliphatic heterocycles. The Labute approximate surface area is 83.1 Å². The third-order valence-electron chi connectivity index (χ3n) is 1.69. The molecule has 2 rings (SSSR count). The van der Waals surface area contributed by atoms with Crippen LogP contribution >= 0.6 is 15.9 Å². The van der Waals surface area contributed by atoms with Gasteiger partial charge in [0.1, 0.15) is 11.6 Å². The van der Waals surface area contributed by atoms with E-state index in [4.69, 9.17) is 9.68 Å². The molecule has 4 heteroatoms. The zero-order chi connectivity index (χ0) is 9.26. The predicted molar refractivity (Wildman–Crippen MR) is 51.4 cm³/mol. The lowest BCUT2D eigenvalue weighted by atomic mass is 10.2. The molecule has 1 aromatic heterocycles. The average Bonchev–Trinajstić information content (AvgIpc) is 2.59. The minimum absolute atomic E-state index is 0.525. The first-order chi connectivity index (χ1) is 6.35. The summed E-state index contributed by atoms with van der Waals surface area (Å²) in [6.45, 7) is 0. The van der Waals surface area contributed by atoms with E-state index in [0.717, 1.165) is 5.52 Å². The van der Waals surface area contributed by atoms with Gasteiger partial charge in [0.05, 0.1) is 10.9 Å². The van der Waals surface area contributed by atoms with Crippen molar-refractivity contribution in [1.82, 2.24) is 4.98 Å². The van der Waals surface area contributed by atoms with Gasteiger partial charge in [-0.05, 0) is 12.1 Å². The number of oxazole rings is 1. The molecule has 0 saturated heterocycles. The monoisotopic (exact) mass is 236 g/mol. The van der Waals surface area contributed by atoms with Crippen molar-refractivity contribution >= 4 is 27.0 Å². The van der Waals surface area contributed by atoms with E-state index in [1.807, 2.05) is 6.07 Å². The number of hydrogen-bond acceptors (Lipinski definition) is 3. The molecule has 0 radical (unpaired) electrons. The molecule has 0 amide bonds. The molecule has 0 spiro atoms. The Kier molecular flexibility index (Phi) is 2.03. The number of alkyl halides is 1. The summed E-state index contributed by atoms with van der Waals surface area (Å²) in [5.74, 6) is 0.595. The summed E-state index contributed by atoms with van der Waals surface area (Å²) in [4.78, 5) is 4.18. The Morgan fingerprint density at radius 3 is 3.08 bits per heavy atom. The molecule has 0 N–H and O–H groups in total. The van der Waals surface area contributed by atoms with Gasteiger partial charge in [-0.15, -0.1) is 0 Å². The Morgan fingerprint density at radius 1 is 1.54 bits per heavy atom. The van der Waals surface area contributed by atoms with Gasteiger partial charge in [0.25, 0.3) is 0 Å². The maximum Gasteiger partial charge on any atom is 0.206 e. The molecule has 2 aromatic rings. The highest BCUT2D eigenvalue weighted by Crippen LogP contribution is 2.20. The van der Waals surface area contributed by atoms with E-state index in [0.29, 0.717) is 22.4 Å². The molecule has 1 heterocycles. The van der Waals surface area contributed by atoms with Crippen molar-refractivity contribution in [2.45, 2.75) is 5.33 Å². The van der Waals surface area contributed by atoms with Gasteiger partial charge in [-0.2, -0.15) is 5.26 Å². The van der Waals surface area contributed by atoms with Gasteiger partial charge in [-0.1, -0.05) is 22.0 Å². The van der Waals surface area contributed by atoms with E-state index in [2.05, 4.69) is 27.0 Å². The molecule has 1 aromatic carbocycles. The number of nitriles is 1. The van der Waals surface area contributed by atoms with Crippen LogP contribution in [0, 0.1) is 11.3 Å². The number of hydrogen-bond donors (Lipinski definition) is 0. The number of para-hydroxylation sites is 1. The number of aromatic nitrogens is 1. The van der Waals surface area contributed by atoms with Gasteiger partial charge < -0.3 is 4.42 Å². The maximum atomic E-state index is 8.77. The second kappa shape index (κ2) is 3.19. The summed E-state index contributed by atoms with van der Waals surface area (Å²) < 4.78 is 5.36. The van der Waals surface area contributed by atoms with Crippen LogP contribution in [0.4, 0.5) is 0 Å². The van der Waals surface area contributed by atoms with E-state index in [1.54, 1.807) is 12.1 Å². The SMILES string of the molecule is N#Cc1cccc2nc(CBr)oc12. The topological polar surface area (TPSA) is 49.8 Å². The van der Waals surface area contributed by atoms with Gasteiger partial charge in [0, 0.05) is 0 Å². The van der Waals surface area contributed by atoms with Crippen LogP contribution in [0.2, 0.25) is 0 Å². The summed E-state index contributed by atoms with van der Waals surface area (Å²) in [6, 6.07) is 7.39. The second-order valence-electron chi connectivity index (χ2n) is 2.51. The molecule has 0 bridgehead atoms. The van der Waals surface area contributed by atoms with Gasteiger partial charge in [-0.25, -0.2) is 4.98 Å². The van der Waals surface area contributed by atoms with Crippen molar-refractivity contribution in [3.63, 3.8) is 0 Å². The Bertz CT molecular complexity index is 484. The molecule has 0 atom stereocenters. The van der Waals surface area contributed by atoms with Crippen LogP contribution in [-0.2, 0) is 5.33 Å². The van der Waals surface area contributed by atoms with Crippen LogP contribution in [0.25, 0.3) is 11.1 Å². The predicted octanol–water partition coefficient (Wildman–Crippen LogP) is 2.59. The van der Waals surface area contributed by atoms with Crippen LogP contribution in [0.5, 0.6) is 0 Å². The smallest absolute Gasteiger partial charge is 0.206 e. The molecule has 3 nitrogen and oxygen atoms in total. The summed E-state index contributed by atoms with van der Waals surface area (Å²) in [6.07, 6.45) is 0. The Hall–Kier alpha value is -1.34. The highest BCUT2D eigenvalue weighted by molar-refractivity contribution is 9.08. The summed E-state index contributed by atoms with van der Waals surface area (Å²) >= 11 is 3.24. The molecule has 0 unspecified atom stereocenters. The third kappa shape index (κ3) is 1.31. The van der Waals surface area contributed by atoms with Crippen LogP contribution in [0.1, 0.15) is 11.5 Å². The third-order valence-corrected chi connectivity index (χ3v) is 2.17. The van der Waals surface area contributed by atoms with Crippen molar-refractivity contribution in [3.05, 3.63) is 29.7 Å². The largest absolute Gasteiger partial charge is 0.438 e. The first-order valence-corrected chi connectivity index (χ1v) is 4.82. The zero-order valence-corrected chi connectivity index (χ0v) is 8.21. The first kappa shape index (κ1) is 8.27. The number of rotatable bonds is 1. The zero-order valence-electron chi connectivity index (χ0n) is 6.62. The molecule has 0 saturated carbocycles. The summed E-state index contributed by atoms with van der Waals surface area (Å²) in [5, 5.41) is 9.33. The second-order valence-corrected chi connectivity index (χ2v) is 3.07. The number of halogens is 1. The lowest BCUT2D eigenvalue weighted by Gasteiger charge is -1.87. The molecule has 64 valence electrons. The van der Waals surface area contributed by atoms with Crippen molar-refractivity contribution in [2.24, 2.45) is 0 Å². The minimum Gasteiger partial charge on any atom is -0.438 e. The Balaban J connectivity index is 2.76. The van der Waals surface area contributed by atoms with Crippen molar-refractivity contribution in [3.8, 4) is 6.07 Å². The quantitative estimate of drug-likeness (QED) is 0.716. The van der Waals surface area contributed by atoms with Gasteiger partial charge in [0.15, 0.2) is 5.58 Å². The van der Waals surface area contributed by atoms with Crippen LogP contribution in [0.3, 0.4) is 0 Å². The fourth-order valence-corrected chi connectivity index (χ4v) is 1.38. The van der Waals surface area contributed by atoms with Crippen LogP contribution < -0.4 is 0 Å². The van der Waals surface area contributed by atoms with Gasteiger partial charge >= 0.3 is 0 Å². The van der Waals surface area contributed by atoms with Crippen molar-refractivity contribution in [2.75, 3.05) is 0 Å². The highest BCUT2D eigenvalue weighted by atomic mass is 79.9.